The Hall–Kier alpha value is -3.10. The Labute approximate surface area is 176 Å². The van der Waals surface area contributed by atoms with E-state index in [1.165, 1.54) is 16.0 Å². The van der Waals surface area contributed by atoms with E-state index in [9.17, 15) is 4.79 Å². The monoisotopic (exact) mass is 422 g/mol. The highest BCUT2D eigenvalue weighted by molar-refractivity contribution is 7.73. The molecule has 0 aliphatic carbocycles. The van der Waals surface area contributed by atoms with Crippen molar-refractivity contribution in [3.63, 3.8) is 0 Å². The molecular weight excluding hydrogens is 404 g/mol. The number of thiazole rings is 1. The normalized spacial score (nSPS) is 11.4. The number of rotatable bonds is 4. The van der Waals surface area contributed by atoms with E-state index in [1.54, 1.807) is 20.2 Å². The van der Waals surface area contributed by atoms with Crippen molar-refractivity contribution in [1.29, 1.82) is 0 Å². The predicted molar refractivity (Wildman–Crippen MR) is 120 cm³/mol. The third-order valence-corrected chi connectivity index (χ3v) is 5.83. The summed E-state index contributed by atoms with van der Waals surface area (Å²) in [6, 6.07) is 15.4. The number of hydrogen-bond acceptors (Lipinski definition) is 6. The lowest BCUT2D eigenvalue weighted by Crippen LogP contribution is -2.20. The molecule has 0 unspecified atom stereocenters. The maximum atomic E-state index is 13.1. The van der Waals surface area contributed by atoms with Crippen LogP contribution in [-0.2, 0) is 0 Å². The zero-order valence-corrected chi connectivity index (χ0v) is 17.8. The van der Waals surface area contributed by atoms with Gasteiger partial charge in [-0.15, -0.1) is 0 Å². The van der Waals surface area contributed by atoms with Gasteiger partial charge in [0, 0.05) is 5.69 Å². The number of aromatic nitrogens is 3. The second-order valence-corrected chi connectivity index (χ2v) is 8.13. The van der Waals surface area contributed by atoms with Crippen molar-refractivity contribution < 1.29 is 4.74 Å². The van der Waals surface area contributed by atoms with Crippen LogP contribution in [0.4, 0.5) is 0 Å². The van der Waals surface area contributed by atoms with Crippen molar-refractivity contribution in [1.82, 2.24) is 14.2 Å². The summed E-state index contributed by atoms with van der Waals surface area (Å²) in [7, 11) is 1.62. The minimum absolute atomic E-state index is 0.237. The molecule has 0 saturated carbocycles. The zero-order chi connectivity index (χ0) is 20.5. The Morgan fingerprint density at radius 2 is 1.79 bits per heavy atom. The van der Waals surface area contributed by atoms with Crippen LogP contribution in [0.15, 0.2) is 58.4 Å². The van der Waals surface area contributed by atoms with Gasteiger partial charge in [0.1, 0.15) is 16.3 Å². The van der Waals surface area contributed by atoms with E-state index in [1.807, 2.05) is 60.0 Å². The van der Waals surface area contributed by atoms with Crippen molar-refractivity contribution in [3.8, 4) is 11.4 Å². The van der Waals surface area contributed by atoms with Gasteiger partial charge in [0.05, 0.1) is 13.3 Å². The molecule has 2 aromatic heterocycles. The van der Waals surface area contributed by atoms with Crippen molar-refractivity contribution in [3.05, 3.63) is 79.8 Å². The predicted octanol–water partition coefficient (Wildman–Crippen LogP) is 4.49. The summed E-state index contributed by atoms with van der Waals surface area (Å²) in [5.41, 5.74) is 3.21. The Morgan fingerprint density at radius 1 is 1.10 bits per heavy atom. The Kier molecular flexibility index (Phi) is 5.12. The quantitative estimate of drug-likeness (QED) is 0.359. The van der Waals surface area contributed by atoms with Gasteiger partial charge in [0.15, 0.2) is 9.60 Å². The van der Waals surface area contributed by atoms with Crippen molar-refractivity contribution in [2.75, 3.05) is 7.11 Å². The standard InChI is InChI=1S/C21H18N4O2S2/c1-13-4-8-16(9-5-13)24-19-18(29-21(24)28)20(26)25(14(2)23-19)22-12-15-6-10-17(27-3)11-7-15/h4-12H,1-3H3/b22-12+. The number of hydrogen-bond donors (Lipinski definition) is 0. The first-order valence-electron chi connectivity index (χ1n) is 8.88. The summed E-state index contributed by atoms with van der Waals surface area (Å²) < 4.78 is 9.34. The van der Waals surface area contributed by atoms with Crippen LogP contribution in [0.1, 0.15) is 17.0 Å². The third kappa shape index (κ3) is 3.64. The molecule has 0 amide bonds. The lowest BCUT2D eigenvalue weighted by atomic mass is 10.2. The molecule has 0 atom stereocenters. The maximum Gasteiger partial charge on any atom is 0.293 e. The first-order valence-corrected chi connectivity index (χ1v) is 10.1. The Bertz CT molecular complexity index is 1330. The van der Waals surface area contributed by atoms with Gasteiger partial charge in [-0.3, -0.25) is 9.36 Å². The van der Waals surface area contributed by atoms with Gasteiger partial charge >= 0.3 is 0 Å². The molecule has 0 saturated heterocycles. The molecule has 0 spiro atoms. The fourth-order valence-electron chi connectivity index (χ4n) is 2.92. The fourth-order valence-corrected chi connectivity index (χ4v) is 4.22. The summed E-state index contributed by atoms with van der Waals surface area (Å²) in [5.74, 6) is 1.25. The van der Waals surface area contributed by atoms with Gasteiger partial charge in [-0.25, -0.2) is 4.98 Å². The molecule has 4 aromatic rings. The Morgan fingerprint density at radius 3 is 2.45 bits per heavy atom. The number of ether oxygens (including phenoxy) is 1. The number of benzene rings is 2. The van der Waals surface area contributed by atoms with Crippen LogP contribution in [0.5, 0.6) is 5.75 Å². The SMILES string of the molecule is COc1ccc(/C=N/n2c(C)nc3c(sc(=S)n3-c3ccc(C)cc3)c2=O)cc1. The largest absolute Gasteiger partial charge is 0.497 e. The summed E-state index contributed by atoms with van der Waals surface area (Å²) >= 11 is 6.77. The van der Waals surface area contributed by atoms with Crippen LogP contribution in [0.2, 0.25) is 0 Å². The summed E-state index contributed by atoms with van der Waals surface area (Å²) in [5, 5.41) is 4.34. The molecule has 8 heteroatoms. The van der Waals surface area contributed by atoms with E-state index in [-0.39, 0.29) is 5.56 Å². The molecule has 0 aliphatic rings. The van der Waals surface area contributed by atoms with Gasteiger partial charge in [-0.05, 0) is 68.0 Å². The molecule has 2 heterocycles. The minimum Gasteiger partial charge on any atom is -0.497 e. The molecule has 6 nitrogen and oxygen atoms in total. The summed E-state index contributed by atoms with van der Waals surface area (Å²) in [4.78, 5) is 17.7. The molecule has 0 radical (unpaired) electrons. The average Bonchev–Trinajstić information content (AvgIpc) is 3.05. The van der Waals surface area contributed by atoms with E-state index in [0.29, 0.717) is 20.1 Å². The number of fused-ring (bicyclic) bond motifs is 1. The molecule has 0 N–H and O–H groups in total. The highest BCUT2D eigenvalue weighted by atomic mass is 32.1. The summed E-state index contributed by atoms with van der Waals surface area (Å²) in [6.07, 6.45) is 1.62. The Balaban J connectivity index is 1.81. The van der Waals surface area contributed by atoms with Gasteiger partial charge in [0.2, 0.25) is 0 Å². The molecule has 146 valence electrons. The second kappa shape index (κ2) is 7.73. The van der Waals surface area contributed by atoms with E-state index >= 15 is 0 Å². The van der Waals surface area contributed by atoms with Crippen LogP contribution in [0.25, 0.3) is 16.0 Å². The van der Waals surface area contributed by atoms with Gasteiger partial charge in [-0.1, -0.05) is 29.0 Å². The average molecular weight is 423 g/mol. The molecule has 2 aromatic carbocycles. The first kappa shape index (κ1) is 19.2. The van der Waals surface area contributed by atoms with E-state index in [2.05, 4.69) is 10.1 Å². The van der Waals surface area contributed by atoms with Crippen LogP contribution >= 0.6 is 23.6 Å². The smallest absolute Gasteiger partial charge is 0.293 e. The topological polar surface area (TPSA) is 61.4 Å². The van der Waals surface area contributed by atoms with E-state index in [4.69, 9.17) is 17.0 Å². The van der Waals surface area contributed by atoms with Crippen LogP contribution < -0.4 is 10.3 Å². The molecule has 29 heavy (non-hydrogen) atoms. The lowest BCUT2D eigenvalue weighted by Gasteiger charge is -2.07. The van der Waals surface area contributed by atoms with Crippen LogP contribution in [0, 0.1) is 17.8 Å². The van der Waals surface area contributed by atoms with Crippen molar-refractivity contribution in [2.24, 2.45) is 5.10 Å². The van der Waals surface area contributed by atoms with Gasteiger partial charge < -0.3 is 4.74 Å². The number of nitrogens with zero attached hydrogens (tertiary/aromatic N) is 4. The van der Waals surface area contributed by atoms with Crippen molar-refractivity contribution >= 4 is 40.1 Å². The second-order valence-electron chi connectivity index (χ2n) is 6.49. The van der Waals surface area contributed by atoms with E-state index in [0.717, 1.165) is 22.6 Å². The highest BCUT2D eigenvalue weighted by Crippen LogP contribution is 2.23. The molecule has 0 bridgehead atoms. The molecule has 0 aliphatic heterocycles. The summed E-state index contributed by atoms with van der Waals surface area (Å²) in [6.45, 7) is 3.78. The van der Waals surface area contributed by atoms with Gasteiger partial charge in [0.25, 0.3) is 5.56 Å². The zero-order valence-electron chi connectivity index (χ0n) is 16.1. The minimum atomic E-state index is -0.237. The molecule has 0 fully saturated rings. The van der Waals surface area contributed by atoms with Crippen molar-refractivity contribution in [2.45, 2.75) is 13.8 Å². The first-order chi connectivity index (χ1) is 14.0. The van der Waals surface area contributed by atoms with Crippen LogP contribution in [-0.4, -0.2) is 27.6 Å². The van der Waals surface area contributed by atoms with Crippen LogP contribution in [0.3, 0.4) is 0 Å². The third-order valence-electron chi connectivity index (χ3n) is 4.48. The fraction of sp³-hybridized carbons (Fsp3) is 0.143. The van der Waals surface area contributed by atoms with Gasteiger partial charge in [-0.2, -0.15) is 9.78 Å². The maximum absolute atomic E-state index is 13.1. The van der Waals surface area contributed by atoms with E-state index < -0.39 is 0 Å². The molecular formula is C21H18N4O2S2. The number of aryl methyl sites for hydroxylation is 2. The highest BCUT2D eigenvalue weighted by Gasteiger charge is 2.15. The number of methoxy groups -OCH3 is 1. The molecule has 4 rings (SSSR count). The lowest BCUT2D eigenvalue weighted by molar-refractivity contribution is 0.415.